The first-order valence-electron chi connectivity index (χ1n) is 8.85. The molecule has 3 amide bonds. The first-order chi connectivity index (χ1) is 14.7. The topological polar surface area (TPSA) is 105 Å². The molecule has 0 aliphatic rings. The Balaban J connectivity index is 2.00. The number of rotatable bonds is 4. The lowest BCUT2D eigenvalue weighted by Gasteiger charge is -2.16. The summed E-state index contributed by atoms with van der Waals surface area (Å²) in [7, 11) is 0. The van der Waals surface area contributed by atoms with Crippen LogP contribution in [0.25, 0.3) is 5.82 Å². The fraction of sp³-hybridized carbons (Fsp3) is 0.100. The number of pyridine rings is 1. The fourth-order valence-corrected chi connectivity index (χ4v) is 3.79. The number of carbonyl (C=O) groups is 3. The minimum atomic E-state index is -0.638. The van der Waals surface area contributed by atoms with Crippen molar-refractivity contribution in [3.8, 4) is 5.82 Å². The number of amides is 3. The van der Waals surface area contributed by atoms with Crippen LogP contribution in [0.15, 0.2) is 47.2 Å². The van der Waals surface area contributed by atoms with Crippen LogP contribution >= 0.6 is 39.1 Å². The van der Waals surface area contributed by atoms with E-state index < -0.39 is 17.7 Å². The van der Waals surface area contributed by atoms with Crippen molar-refractivity contribution in [2.24, 2.45) is 0 Å². The van der Waals surface area contributed by atoms with Crippen LogP contribution in [0.5, 0.6) is 0 Å². The normalized spacial score (nSPS) is 10.5. The molecule has 0 aliphatic carbocycles. The van der Waals surface area contributed by atoms with Crippen LogP contribution in [-0.2, 0) is 4.79 Å². The molecule has 1 aromatic carbocycles. The predicted octanol–water partition coefficient (Wildman–Crippen LogP) is 4.28. The van der Waals surface area contributed by atoms with Crippen molar-refractivity contribution in [3.05, 3.63) is 74.1 Å². The van der Waals surface area contributed by atoms with Gasteiger partial charge < -0.3 is 5.32 Å². The second-order valence-electron chi connectivity index (χ2n) is 6.42. The van der Waals surface area contributed by atoms with Gasteiger partial charge in [-0.25, -0.2) is 4.98 Å². The van der Waals surface area contributed by atoms with Gasteiger partial charge in [0.05, 0.1) is 20.9 Å². The second-order valence-corrected chi connectivity index (χ2v) is 8.08. The highest BCUT2D eigenvalue weighted by Gasteiger charge is 2.22. The van der Waals surface area contributed by atoms with Gasteiger partial charge in [-0.2, -0.15) is 0 Å². The summed E-state index contributed by atoms with van der Waals surface area (Å²) in [5, 5.41) is 3.40. The minimum absolute atomic E-state index is 0.0835. The fourth-order valence-electron chi connectivity index (χ4n) is 2.82. The average molecular weight is 525 g/mol. The molecule has 0 fully saturated rings. The monoisotopic (exact) mass is 523 g/mol. The Morgan fingerprint density at radius 3 is 2.48 bits per heavy atom. The molecule has 31 heavy (non-hydrogen) atoms. The smallest absolute Gasteiger partial charge is 0.272 e. The second kappa shape index (κ2) is 9.51. The van der Waals surface area contributed by atoms with Gasteiger partial charge in [0.1, 0.15) is 5.69 Å². The molecule has 0 aliphatic heterocycles. The molecule has 0 atom stereocenters. The molecular weight excluding hydrogens is 509 g/mol. The van der Waals surface area contributed by atoms with Gasteiger partial charge in [0.15, 0.2) is 5.82 Å². The zero-order valence-corrected chi connectivity index (χ0v) is 19.4. The van der Waals surface area contributed by atoms with Gasteiger partial charge in [-0.15, -0.1) is 0 Å². The summed E-state index contributed by atoms with van der Waals surface area (Å²) < 4.78 is 2.11. The number of benzene rings is 1. The molecule has 160 valence electrons. The molecule has 0 saturated heterocycles. The third-order valence-electron chi connectivity index (χ3n) is 4.15. The summed E-state index contributed by atoms with van der Waals surface area (Å²) >= 11 is 15.8. The summed E-state index contributed by atoms with van der Waals surface area (Å²) in [5.74, 6) is -1.23. The van der Waals surface area contributed by atoms with Crippen LogP contribution in [-0.4, -0.2) is 27.3 Å². The maximum atomic E-state index is 13.2. The van der Waals surface area contributed by atoms with E-state index in [-0.39, 0.29) is 16.9 Å². The van der Waals surface area contributed by atoms with Crippen LogP contribution in [0.2, 0.25) is 10.0 Å². The summed E-state index contributed by atoms with van der Waals surface area (Å²) in [6, 6.07) is 9.61. The van der Waals surface area contributed by atoms with Crippen molar-refractivity contribution in [1.29, 1.82) is 0 Å². The van der Waals surface area contributed by atoms with E-state index in [1.165, 1.54) is 13.0 Å². The summed E-state index contributed by atoms with van der Waals surface area (Å²) in [4.78, 5) is 41.1. The van der Waals surface area contributed by atoms with Gasteiger partial charge >= 0.3 is 0 Å². The van der Waals surface area contributed by atoms with E-state index in [0.717, 1.165) is 0 Å². The Morgan fingerprint density at radius 2 is 1.81 bits per heavy atom. The largest absolute Gasteiger partial charge is 0.320 e. The zero-order valence-electron chi connectivity index (χ0n) is 16.3. The van der Waals surface area contributed by atoms with Gasteiger partial charge in [0.2, 0.25) is 5.91 Å². The summed E-state index contributed by atoms with van der Waals surface area (Å²) in [6.07, 6.45) is 1.56. The Labute approximate surface area is 196 Å². The number of anilines is 1. The Morgan fingerprint density at radius 1 is 1.06 bits per heavy atom. The van der Waals surface area contributed by atoms with Crippen molar-refractivity contribution >= 4 is 62.5 Å². The van der Waals surface area contributed by atoms with E-state index in [0.29, 0.717) is 26.0 Å². The van der Waals surface area contributed by atoms with Crippen LogP contribution in [0.3, 0.4) is 0 Å². The van der Waals surface area contributed by atoms with Gasteiger partial charge in [-0.3, -0.25) is 29.8 Å². The Bertz CT molecular complexity index is 1200. The van der Waals surface area contributed by atoms with Gasteiger partial charge in [-0.1, -0.05) is 23.2 Å². The van der Waals surface area contributed by atoms with E-state index in [4.69, 9.17) is 23.2 Å². The van der Waals surface area contributed by atoms with Crippen LogP contribution < -0.4 is 16.2 Å². The summed E-state index contributed by atoms with van der Waals surface area (Å²) in [5.41, 5.74) is 5.59. The molecule has 0 radical (unpaired) electrons. The lowest BCUT2D eigenvalue weighted by atomic mass is 10.1. The first kappa shape index (κ1) is 22.8. The first-order valence-corrected chi connectivity index (χ1v) is 10.4. The number of carbonyl (C=O) groups excluding carboxylic acids is 3. The standard InChI is InChI=1S/C20H16BrCl2N5O3/c1-10-8-12(22)9-13(19(30)27-26-11(2)29)17(10)25-20(31)15-5-6-16(21)28(15)18-14(23)4-3-7-24-18/h3-9H,1-2H3,(H,25,31)(H,26,29)(H,27,30). The van der Waals surface area contributed by atoms with Crippen molar-refractivity contribution < 1.29 is 14.4 Å². The number of hydrazine groups is 1. The van der Waals surface area contributed by atoms with Crippen molar-refractivity contribution in [3.63, 3.8) is 0 Å². The van der Waals surface area contributed by atoms with Crippen molar-refractivity contribution in [1.82, 2.24) is 20.4 Å². The molecule has 0 saturated carbocycles. The molecule has 3 aromatic rings. The van der Waals surface area contributed by atoms with Crippen LogP contribution in [0, 0.1) is 6.92 Å². The number of hydrogen-bond donors (Lipinski definition) is 3. The predicted molar refractivity (Wildman–Crippen MR) is 122 cm³/mol. The molecule has 3 N–H and O–H groups in total. The number of hydrogen-bond acceptors (Lipinski definition) is 4. The molecule has 3 rings (SSSR count). The molecule has 2 heterocycles. The van der Waals surface area contributed by atoms with Crippen LogP contribution in [0.1, 0.15) is 33.3 Å². The molecule has 2 aromatic heterocycles. The molecule has 0 bridgehead atoms. The van der Waals surface area contributed by atoms with Crippen molar-refractivity contribution in [2.75, 3.05) is 5.32 Å². The molecule has 0 spiro atoms. The summed E-state index contributed by atoms with van der Waals surface area (Å²) in [6.45, 7) is 2.95. The Hall–Kier alpha value is -2.88. The van der Waals surface area contributed by atoms with E-state index in [1.54, 1.807) is 48.0 Å². The lowest BCUT2D eigenvalue weighted by molar-refractivity contribution is -0.119. The molecule has 11 heteroatoms. The average Bonchev–Trinajstić information content (AvgIpc) is 3.09. The molecular formula is C20H16BrCl2N5O3. The maximum Gasteiger partial charge on any atom is 0.272 e. The quantitative estimate of drug-likeness (QED) is 0.443. The molecule has 8 nitrogen and oxygen atoms in total. The van der Waals surface area contributed by atoms with E-state index in [1.807, 2.05) is 0 Å². The zero-order chi connectivity index (χ0) is 22.7. The third kappa shape index (κ3) is 5.07. The lowest BCUT2D eigenvalue weighted by Crippen LogP contribution is -2.40. The van der Waals surface area contributed by atoms with E-state index >= 15 is 0 Å². The van der Waals surface area contributed by atoms with E-state index in [2.05, 4.69) is 37.1 Å². The number of aryl methyl sites for hydroxylation is 1. The van der Waals surface area contributed by atoms with Gasteiger partial charge in [0, 0.05) is 18.1 Å². The van der Waals surface area contributed by atoms with Gasteiger partial charge in [0.25, 0.3) is 11.8 Å². The third-order valence-corrected chi connectivity index (χ3v) is 5.28. The van der Waals surface area contributed by atoms with Crippen molar-refractivity contribution in [2.45, 2.75) is 13.8 Å². The SMILES string of the molecule is CC(=O)NNC(=O)c1cc(Cl)cc(C)c1NC(=O)c1ccc(Br)n1-c1ncccc1Cl. The molecule has 0 unspecified atom stereocenters. The Kier molecular flexibility index (Phi) is 6.99. The van der Waals surface area contributed by atoms with E-state index in [9.17, 15) is 14.4 Å². The van der Waals surface area contributed by atoms with Gasteiger partial charge in [-0.05, 0) is 64.8 Å². The number of nitrogens with zero attached hydrogens (tertiary/aromatic N) is 2. The highest BCUT2D eigenvalue weighted by atomic mass is 79.9. The minimum Gasteiger partial charge on any atom is -0.320 e. The highest BCUT2D eigenvalue weighted by Crippen LogP contribution is 2.29. The maximum absolute atomic E-state index is 13.2. The number of halogens is 3. The van der Waals surface area contributed by atoms with Crippen LogP contribution in [0.4, 0.5) is 5.69 Å². The number of nitrogens with one attached hydrogen (secondary N) is 3. The number of aromatic nitrogens is 2. The highest BCUT2D eigenvalue weighted by molar-refractivity contribution is 9.10.